The van der Waals surface area contributed by atoms with Gasteiger partial charge in [-0.05, 0) is 44.3 Å². The van der Waals surface area contributed by atoms with E-state index >= 15 is 0 Å². The van der Waals surface area contributed by atoms with E-state index in [0.29, 0.717) is 12.1 Å². The molecule has 0 saturated heterocycles. The van der Waals surface area contributed by atoms with Gasteiger partial charge in [0.15, 0.2) is 5.96 Å². The topological polar surface area (TPSA) is 27.6 Å². The Morgan fingerprint density at radius 2 is 1.58 bits per heavy atom. The molecule has 0 amide bonds. The molecule has 2 rings (SSSR count). The maximum atomic E-state index is 5.24. The van der Waals surface area contributed by atoms with Gasteiger partial charge in [0.2, 0.25) is 0 Å². The number of rotatable bonds is 8. The van der Waals surface area contributed by atoms with Crippen LogP contribution >= 0.6 is 12.6 Å². The number of thiol groups is 1. The molecule has 1 N–H and O–H groups in total. The van der Waals surface area contributed by atoms with Gasteiger partial charge < -0.3 is 10.2 Å². The minimum atomic E-state index is 0.546. The van der Waals surface area contributed by atoms with Gasteiger partial charge in [-0.2, -0.15) is 12.6 Å². The Labute approximate surface area is 155 Å². The maximum absolute atomic E-state index is 5.24. The number of nitrogens with one attached hydrogen (secondary N) is 1. The van der Waals surface area contributed by atoms with Gasteiger partial charge in [-0.1, -0.05) is 51.9 Å². The quantitative estimate of drug-likeness (QED) is 0.364. The summed E-state index contributed by atoms with van der Waals surface area (Å²) >= 11 is 4.43. The van der Waals surface area contributed by atoms with Gasteiger partial charge in [-0.25, -0.2) is 4.99 Å². The molecule has 0 aliphatic heterocycles. The lowest BCUT2D eigenvalue weighted by Gasteiger charge is -2.33. The summed E-state index contributed by atoms with van der Waals surface area (Å²) < 4.78 is 0. The number of aliphatic imine (C=N–C) groups is 1. The predicted molar refractivity (Wildman–Crippen MR) is 109 cm³/mol. The van der Waals surface area contributed by atoms with Gasteiger partial charge in [-0.15, -0.1) is 0 Å². The first-order chi connectivity index (χ1) is 11.8. The van der Waals surface area contributed by atoms with E-state index in [9.17, 15) is 0 Å². The normalized spacial score (nSPS) is 21.0. The summed E-state index contributed by atoms with van der Waals surface area (Å²) in [6, 6.07) is 1.19. The third kappa shape index (κ3) is 7.25. The maximum Gasteiger partial charge on any atom is 0.194 e. The number of guanidine groups is 1. The van der Waals surface area contributed by atoms with E-state index < -0.39 is 0 Å². The fourth-order valence-electron chi connectivity index (χ4n) is 3.96. The minimum Gasteiger partial charge on any atom is -0.353 e. The van der Waals surface area contributed by atoms with Crippen molar-refractivity contribution in [3.63, 3.8) is 0 Å². The molecular weight excluding hydrogens is 314 g/mol. The van der Waals surface area contributed by atoms with Crippen molar-refractivity contribution >= 4 is 18.6 Å². The number of unbranched alkanes of at least 4 members (excludes halogenated alkanes) is 1. The first-order valence-corrected chi connectivity index (χ1v) is 11.2. The Morgan fingerprint density at radius 1 is 0.958 bits per heavy atom. The highest BCUT2D eigenvalue weighted by atomic mass is 32.1. The molecule has 0 aromatic carbocycles. The van der Waals surface area contributed by atoms with Crippen LogP contribution < -0.4 is 5.32 Å². The third-order valence-electron chi connectivity index (χ3n) is 5.49. The highest BCUT2D eigenvalue weighted by Gasteiger charge is 2.20. The van der Waals surface area contributed by atoms with E-state index in [-0.39, 0.29) is 0 Å². The molecule has 4 heteroatoms. The number of hydrogen-bond acceptors (Lipinski definition) is 2. The summed E-state index contributed by atoms with van der Waals surface area (Å²) in [7, 11) is 0. The van der Waals surface area contributed by atoms with Gasteiger partial charge in [0.25, 0.3) is 0 Å². The molecule has 0 unspecified atom stereocenters. The van der Waals surface area contributed by atoms with Crippen LogP contribution in [0.15, 0.2) is 4.99 Å². The highest BCUT2D eigenvalue weighted by Crippen LogP contribution is 2.22. The average Bonchev–Trinajstić information content (AvgIpc) is 2.63. The molecule has 2 aliphatic rings. The molecule has 3 nitrogen and oxygen atoms in total. The SMILES string of the molecule is CCCCN(CCCS)/C(=N\C1CCCCC1)NC1CCCCC1. The van der Waals surface area contributed by atoms with Crippen molar-refractivity contribution in [2.45, 2.75) is 102 Å². The number of hydrogen-bond donors (Lipinski definition) is 2. The molecule has 0 spiro atoms. The second-order valence-electron chi connectivity index (χ2n) is 7.64. The fourth-order valence-corrected chi connectivity index (χ4v) is 4.10. The van der Waals surface area contributed by atoms with Crippen LogP contribution in [0.3, 0.4) is 0 Å². The van der Waals surface area contributed by atoms with Crippen LogP contribution in [0.25, 0.3) is 0 Å². The van der Waals surface area contributed by atoms with Crippen LogP contribution in [0.4, 0.5) is 0 Å². The Balaban J connectivity index is 2.05. The Morgan fingerprint density at radius 3 is 2.21 bits per heavy atom. The fraction of sp³-hybridized carbons (Fsp3) is 0.950. The molecule has 140 valence electrons. The lowest BCUT2D eigenvalue weighted by atomic mass is 9.95. The van der Waals surface area contributed by atoms with Gasteiger partial charge >= 0.3 is 0 Å². The van der Waals surface area contributed by atoms with Crippen molar-refractivity contribution < 1.29 is 0 Å². The van der Waals surface area contributed by atoms with Crippen molar-refractivity contribution in [1.82, 2.24) is 10.2 Å². The van der Waals surface area contributed by atoms with Crippen LogP contribution in [0.1, 0.15) is 90.4 Å². The standard InChI is InChI=1S/C20H39N3S/c1-2-3-15-23(16-10-17-24)20(21-18-11-6-4-7-12-18)22-19-13-8-5-9-14-19/h18-19,24H,2-17H2,1H3,(H,21,22). The van der Waals surface area contributed by atoms with E-state index in [1.807, 2.05) is 0 Å². The zero-order valence-electron chi connectivity index (χ0n) is 15.8. The second kappa shape index (κ2) is 12.1. The van der Waals surface area contributed by atoms with E-state index in [1.165, 1.54) is 83.0 Å². The van der Waals surface area contributed by atoms with Crippen LogP contribution in [0.2, 0.25) is 0 Å². The van der Waals surface area contributed by atoms with Gasteiger partial charge in [-0.3, -0.25) is 0 Å². The van der Waals surface area contributed by atoms with Gasteiger partial charge in [0.05, 0.1) is 6.04 Å². The zero-order valence-corrected chi connectivity index (χ0v) is 16.7. The Hall–Kier alpha value is -0.380. The summed E-state index contributed by atoms with van der Waals surface area (Å²) in [6.07, 6.45) is 17.1. The second-order valence-corrected chi connectivity index (χ2v) is 8.09. The molecule has 24 heavy (non-hydrogen) atoms. The van der Waals surface area contributed by atoms with E-state index in [2.05, 4.69) is 29.8 Å². The largest absolute Gasteiger partial charge is 0.353 e. The molecule has 2 fully saturated rings. The van der Waals surface area contributed by atoms with Crippen LogP contribution in [0.5, 0.6) is 0 Å². The number of nitrogens with zero attached hydrogens (tertiary/aromatic N) is 2. The van der Waals surface area contributed by atoms with Gasteiger partial charge in [0, 0.05) is 19.1 Å². The molecular formula is C20H39N3S. The monoisotopic (exact) mass is 353 g/mol. The average molecular weight is 354 g/mol. The van der Waals surface area contributed by atoms with Crippen molar-refractivity contribution in [3.05, 3.63) is 0 Å². The molecule has 0 aromatic rings. The van der Waals surface area contributed by atoms with Crippen LogP contribution in [-0.4, -0.2) is 41.8 Å². The predicted octanol–water partition coefficient (Wildman–Crippen LogP) is 5.02. The smallest absolute Gasteiger partial charge is 0.194 e. The van der Waals surface area contributed by atoms with Crippen LogP contribution in [-0.2, 0) is 0 Å². The summed E-state index contributed by atoms with van der Waals surface area (Å²) in [5.41, 5.74) is 0. The van der Waals surface area contributed by atoms with E-state index in [4.69, 9.17) is 4.99 Å². The zero-order chi connectivity index (χ0) is 17.0. The molecule has 0 radical (unpaired) electrons. The van der Waals surface area contributed by atoms with E-state index in [1.54, 1.807) is 0 Å². The van der Waals surface area contributed by atoms with Gasteiger partial charge in [0.1, 0.15) is 0 Å². The Kier molecular flexibility index (Phi) is 10.0. The molecule has 0 aromatic heterocycles. The summed E-state index contributed by atoms with van der Waals surface area (Å²) in [4.78, 5) is 7.77. The minimum absolute atomic E-state index is 0.546. The van der Waals surface area contributed by atoms with Crippen molar-refractivity contribution in [2.24, 2.45) is 4.99 Å². The molecule has 0 bridgehead atoms. The molecule has 2 aliphatic carbocycles. The Bertz CT molecular complexity index is 339. The lowest BCUT2D eigenvalue weighted by Crippen LogP contribution is -2.48. The van der Waals surface area contributed by atoms with Crippen molar-refractivity contribution in [1.29, 1.82) is 0 Å². The summed E-state index contributed by atoms with van der Waals surface area (Å²) in [5.74, 6) is 2.17. The molecule has 0 atom stereocenters. The van der Waals surface area contributed by atoms with Crippen LogP contribution in [0, 0.1) is 0 Å². The molecule has 2 saturated carbocycles. The van der Waals surface area contributed by atoms with Crippen molar-refractivity contribution in [2.75, 3.05) is 18.8 Å². The first kappa shape index (κ1) is 19.9. The lowest BCUT2D eigenvalue weighted by molar-refractivity contribution is 0.351. The third-order valence-corrected chi connectivity index (χ3v) is 5.80. The summed E-state index contributed by atoms with van der Waals surface area (Å²) in [6.45, 7) is 4.51. The summed E-state index contributed by atoms with van der Waals surface area (Å²) in [5, 5.41) is 3.87. The highest BCUT2D eigenvalue weighted by molar-refractivity contribution is 7.80. The molecule has 0 heterocycles. The van der Waals surface area contributed by atoms with E-state index in [0.717, 1.165) is 25.3 Å². The van der Waals surface area contributed by atoms with Crippen molar-refractivity contribution in [3.8, 4) is 0 Å². The first-order valence-electron chi connectivity index (χ1n) is 10.5.